The van der Waals surface area contributed by atoms with E-state index in [4.69, 9.17) is 4.42 Å². The highest BCUT2D eigenvalue weighted by Crippen LogP contribution is 2.24. The number of rotatable bonds is 4. The van der Waals surface area contributed by atoms with Gasteiger partial charge in [-0.1, -0.05) is 6.07 Å². The fourth-order valence-electron chi connectivity index (χ4n) is 1.57. The number of halogens is 1. The van der Waals surface area contributed by atoms with Crippen molar-refractivity contribution >= 4 is 15.9 Å². The van der Waals surface area contributed by atoms with E-state index >= 15 is 0 Å². The summed E-state index contributed by atoms with van der Waals surface area (Å²) in [7, 11) is 0. The lowest BCUT2D eigenvalue weighted by Crippen LogP contribution is -2.11. The SMILES string of the molecule is Cc1ccc(CNCc2ccc(O)c(Br)c2)o1. The number of aryl methyl sites for hydroxylation is 1. The second kappa shape index (κ2) is 5.38. The summed E-state index contributed by atoms with van der Waals surface area (Å²) in [6, 6.07) is 9.39. The Morgan fingerprint density at radius 1 is 1.24 bits per heavy atom. The van der Waals surface area contributed by atoms with Crippen molar-refractivity contribution in [1.82, 2.24) is 5.32 Å². The van der Waals surface area contributed by atoms with Gasteiger partial charge < -0.3 is 14.8 Å². The minimum Gasteiger partial charge on any atom is -0.507 e. The van der Waals surface area contributed by atoms with Crippen molar-refractivity contribution in [2.75, 3.05) is 0 Å². The van der Waals surface area contributed by atoms with Crippen LogP contribution in [0.25, 0.3) is 0 Å². The predicted molar refractivity (Wildman–Crippen MR) is 69.8 cm³/mol. The predicted octanol–water partition coefficient (Wildman–Crippen LogP) is 3.35. The zero-order valence-corrected chi connectivity index (χ0v) is 11.1. The van der Waals surface area contributed by atoms with Gasteiger partial charge in [0.15, 0.2) is 0 Å². The van der Waals surface area contributed by atoms with Crippen LogP contribution in [0.5, 0.6) is 5.75 Å². The molecule has 1 aromatic carbocycles. The molecule has 0 aliphatic rings. The molecule has 0 aliphatic heterocycles. The molecule has 0 fully saturated rings. The topological polar surface area (TPSA) is 45.4 Å². The second-order valence-corrected chi connectivity index (χ2v) is 4.76. The van der Waals surface area contributed by atoms with Crippen LogP contribution >= 0.6 is 15.9 Å². The van der Waals surface area contributed by atoms with Crippen LogP contribution in [0, 0.1) is 6.92 Å². The molecule has 1 heterocycles. The van der Waals surface area contributed by atoms with Gasteiger partial charge in [-0.15, -0.1) is 0 Å². The van der Waals surface area contributed by atoms with E-state index in [0.717, 1.165) is 23.6 Å². The first-order valence-corrected chi connectivity index (χ1v) is 6.18. The van der Waals surface area contributed by atoms with Gasteiger partial charge >= 0.3 is 0 Å². The third-order valence-electron chi connectivity index (χ3n) is 2.44. The minimum atomic E-state index is 0.260. The standard InChI is InChI=1S/C13H14BrNO2/c1-9-2-4-11(17-9)8-15-7-10-3-5-13(16)12(14)6-10/h2-6,15-16H,7-8H2,1H3. The van der Waals surface area contributed by atoms with E-state index in [2.05, 4.69) is 21.2 Å². The van der Waals surface area contributed by atoms with Crippen LogP contribution in [-0.4, -0.2) is 5.11 Å². The maximum atomic E-state index is 9.37. The molecule has 0 radical (unpaired) electrons. The molecule has 3 nitrogen and oxygen atoms in total. The fraction of sp³-hybridized carbons (Fsp3) is 0.231. The zero-order valence-electron chi connectivity index (χ0n) is 9.53. The van der Waals surface area contributed by atoms with Gasteiger partial charge in [-0.05, 0) is 52.7 Å². The molecule has 0 saturated heterocycles. The summed E-state index contributed by atoms with van der Waals surface area (Å²) >= 11 is 3.29. The number of aromatic hydroxyl groups is 1. The average molecular weight is 296 g/mol. The van der Waals surface area contributed by atoms with Crippen LogP contribution in [0.1, 0.15) is 17.1 Å². The molecule has 0 unspecified atom stereocenters. The van der Waals surface area contributed by atoms with Crippen LogP contribution < -0.4 is 5.32 Å². The number of phenolic OH excluding ortho intramolecular Hbond substituents is 1. The van der Waals surface area contributed by atoms with Crippen molar-refractivity contribution in [2.24, 2.45) is 0 Å². The summed E-state index contributed by atoms with van der Waals surface area (Å²) in [6.45, 7) is 3.37. The molecule has 2 N–H and O–H groups in total. The summed E-state index contributed by atoms with van der Waals surface area (Å²) in [6.07, 6.45) is 0. The molecular formula is C13H14BrNO2. The highest BCUT2D eigenvalue weighted by molar-refractivity contribution is 9.10. The normalized spacial score (nSPS) is 10.7. The number of benzene rings is 1. The molecule has 17 heavy (non-hydrogen) atoms. The monoisotopic (exact) mass is 295 g/mol. The lowest BCUT2D eigenvalue weighted by molar-refractivity contribution is 0.460. The smallest absolute Gasteiger partial charge is 0.129 e. The van der Waals surface area contributed by atoms with E-state index in [1.165, 1.54) is 0 Å². The molecule has 2 aromatic rings. The van der Waals surface area contributed by atoms with E-state index in [9.17, 15) is 5.11 Å². The van der Waals surface area contributed by atoms with Gasteiger partial charge in [0.2, 0.25) is 0 Å². The zero-order chi connectivity index (χ0) is 12.3. The van der Waals surface area contributed by atoms with Gasteiger partial charge in [0.05, 0.1) is 11.0 Å². The summed E-state index contributed by atoms with van der Waals surface area (Å²) in [5, 5.41) is 12.6. The molecule has 0 amide bonds. The highest BCUT2D eigenvalue weighted by atomic mass is 79.9. The van der Waals surface area contributed by atoms with Crippen LogP contribution in [0.2, 0.25) is 0 Å². The van der Waals surface area contributed by atoms with Crippen molar-refractivity contribution < 1.29 is 9.52 Å². The van der Waals surface area contributed by atoms with Crippen molar-refractivity contribution in [1.29, 1.82) is 0 Å². The number of hydrogen-bond acceptors (Lipinski definition) is 3. The Labute approximate surface area is 109 Å². The largest absolute Gasteiger partial charge is 0.507 e. The van der Waals surface area contributed by atoms with E-state index in [1.807, 2.05) is 31.2 Å². The number of nitrogens with one attached hydrogen (secondary N) is 1. The minimum absolute atomic E-state index is 0.260. The van der Waals surface area contributed by atoms with Gasteiger partial charge in [0, 0.05) is 6.54 Å². The Morgan fingerprint density at radius 3 is 2.71 bits per heavy atom. The number of furan rings is 1. The Morgan fingerprint density at radius 2 is 2.06 bits per heavy atom. The lowest BCUT2D eigenvalue weighted by atomic mass is 10.2. The van der Waals surface area contributed by atoms with Crippen molar-refractivity contribution in [3.05, 3.63) is 51.9 Å². The second-order valence-electron chi connectivity index (χ2n) is 3.90. The maximum Gasteiger partial charge on any atom is 0.129 e. The summed E-state index contributed by atoms with van der Waals surface area (Å²) < 4.78 is 6.17. The summed E-state index contributed by atoms with van der Waals surface area (Å²) in [4.78, 5) is 0. The molecular weight excluding hydrogens is 282 g/mol. The fourth-order valence-corrected chi connectivity index (χ4v) is 2.00. The van der Waals surface area contributed by atoms with Crippen molar-refractivity contribution in [2.45, 2.75) is 20.0 Å². The molecule has 0 bridgehead atoms. The molecule has 0 spiro atoms. The first kappa shape index (κ1) is 12.2. The van der Waals surface area contributed by atoms with E-state index in [0.29, 0.717) is 11.0 Å². The van der Waals surface area contributed by atoms with Crippen LogP contribution in [-0.2, 0) is 13.1 Å². The van der Waals surface area contributed by atoms with Gasteiger partial charge in [0.1, 0.15) is 17.3 Å². The molecule has 4 heteroatoms. The first-order chi connectivity index (χ1) is 8.15. The Balaban J connectivity index is 1.87. The Kier molecular flexibility index (Phi) is 3.86. The van der Waals surface area contributed by atoms with Gasteiger partial charge in [0.25, 0.3) is 0 Å². The van der Waals surface area contributed by atoms with E-state index in [1.54, 1.807) is 6.07 Å². The molecule has 1 aromatic heterocycles. The summed E-state index contributed by atoms with van der Waals surface area (Å²) in [5.74, 6) is 2.12. The third kappa shape index (κ3) is 3.35. The summed E-state index contributed by atoms with van der Waals surface area (Å²) in [5.41, 5.74) is 1.11. The molecule has 0 saturated carbocycles. The first-order valence-electron chi connectivity index (χ1n) is 5.38. The van der Waals surface area contributed by atoms with Crippen molar-refractivity contribution in [3.8, 4) is 5.75 Å². The Hall–Kier alpha value is -1.26. The van der Waals surface area contributed by atoms with E-state index in [-0.39, 0.29) is 5.75 Å². The highest BCUT2D eigenvalue weighted by Gasteiger charge is 2.01. The maximum absolute atomic E-state index is 9.37. The van der Waals surface area contributed by atoms with Crippen LogP contribution in [0.4, 0.5) is 0 Å². The number of phenols is 1. The quantitative estimate of drug-likeness (QED) is 0.909. The lowest BCUT2D eigenvalue weighted by Gasteiger charge is -2.04. The average Bonchev–Trinajstić information content (AvgIpc) is 2.70. The molecule has 90 valence electrons. The van der Waals surface area contributed by atoms with Crippen LogP contribution in [0.15, 0.2) is 39.2 Å². The van der Waals surface area contributed by atoms with Gasteiger partial charge in [-0.25, -0.2) is 0 Å². The van der Waals surface area contributed by atoms with E-state index < -0.39 is 0 Å². The molecule has 0 atom stereocenters. The molecule has 2 rings (SSSR count). The third-order valence-corrected chi connectivity index (χ3v) is 3.07. The number of hydrogen-bond donors (Lipinski definition) is 2. The van der Waals surface area contributed by atoms with Gasteiger partial charge in [-0.3, -0.25) is 0 Å². The van der Waals surface area contributed by atoms with Gasteiger partial charge in [-0.2, -0.15) is 0 Å². The van der Waals surface area contributed by atoms with Crippen molar-refractivity contribution in [3.63, 3.8) is 0 Å². The Bertz CT molecular complexity index is 508. The molecule has 0 aliphatic carbocycles. The van der Waals surface area contributed by atoms with Crippen LogP contribution in [0.3, 0.4) is 0 Å².